The van der Waals surface area contributed by atoms with E-state index in [4.69, 9.17) is 27.9 Å². The van der Waals surface area contributed by atoms with Crippen molar-refractivity contribution >= 4 is 62.3 Å². The molecule has 0 bridgehead atoms. The third-order valence-corrected chi connectivity index (χ3v) is 6.60. The molecule has 2 N–H and O–H groups in total. The number of aliphatic hydroxyl groups excluding tert-OH is 1. The summed E-state index contributed by atoms with van der Waals surface area (Å²) in [6.07, 6.45) is 0. The van der Waals surface area contributed by atoms with E-state index in [1.165, 1.54) is 36.3 Å². The van der Waals surface area contributed by atoms with E-state index in [0.717, 1.165) is 0 Å². The van der Waals surface area contributed by atoms with E-state index < -0.39 is 17.7 Å². The average molecular weight is 549 g/mol. The first kappa shape index (κ1) is 23.2. The molecule has 1 fully saturated rings. The lowest BCUT2D eigenvalue weighted by molar-refractivity contribution is -0.132. The van der Waals surface area contributed by atoms with Gasteiger partial charge >= 0.3 is 0 Å². The normalized spacial score (nSPS) is 17.5. The fourth-order valence-electron chi connectivity index (χ4n) is 3.71. The molecule has 1 aliphatic heterocycles. The number of aromatic hydroxyl groups is 1. The van der Waals surface area contributed by atoms with E-state index in [1.807, 2.05) is 0 Å². The van der Waals surface area contributed by atoms with E-state index in [-0.39, 0.29) is 27.1 Å². The van der Waals surface area contributed by atoms with Crippen molar-refractivity contribution in [3.63, 3.8) is 0 Å². The molecule has 0 aliphatic carbocycles. The number of aliphatic hydroxyl groups is 1. The van der Waals surface area contributed by atoms with Gasteiger partial charge in [0.1, 0.15) is 17.3 Å². The van der Waals surface area contributed by atoms with Gasteiger partial charge in [-0.3, -0.25) is 14.5 Å². The maximum Gasteiger partial charge on any atom is 0.300 e. The smallest absolute Gasteiger partial charge is 0.300 e. The van der Waals surface area contributed by atoms with Crippen molar-refractivity contribution in [3.8, 4) is 11.5 Å². The zero-order chi connectivity index (χ0) is 23.9. The molecule has 168 valence electrons. The maximum absolute atomic E-state index is 13.2. The first-order chi connectivity index (χ1) is 15.7. The molecule has 3 aromatic carbocycles. The van der Waals surface area contributed by atoms with E-state index >= 15 is 0 Å². The Morgan fingerprint density at radius 3 is 2.42 bits per heavy atom. The molecular weight excluding hydrogens is 533 g/mol. The number of nitrogens with zero attached hydrogens (tertiary/aromatic N) is 1. The van der Waals surface area contributed by atoms with Crippen LogP contribution in [0.1, 0.15) is 17.2 Å². The lowest BCUT2D eigenvalue weighted by Gasteiger charge is -2.26. The van der Waals surface area contributed by atoms with Gasteiger partial charge in [0.15, 0.2) is 0 Å². The fourth-order valence-corrected chi connectivity index (χ4v) is 4.55. The van der Waals surface area contributed by atoms with Gasteiger partial charge in [0.2, 0.25) is 0 Å². The number of amides is 1. The molecule has 1 saturated heterocycles. The molecule has 1 unspecified atom stereocenters. The molecule has 1 heterocycles. The van der Waals surface area contributed by atoms with Gasteiger partial charge in [-0.15, -0.1) is 0 Å². The summed E-state index contributed by atoms with van der Waals surface area (Å²) in [5, 5.41) is 21.7. The van der Waals surface area contributed by atoms with Gasteiger partial charge in [-0.2, -0.15) is 0 Å². The summed E-state index contributed by atoms with van der Waals surface area (Å²) in [7, 11) is 1.50. The zero-order valence-corrected chi connectivity index (χ0v) is 20.1. The molecular formula is C24H16BrCl2NO5. The van der Waals surface area contributed by atoms with Gasteiger partial charge in [-0.05, 0) is 70.0 Å². The van der Waals surface area contributed by atoms with Crippen molar-refractivity contribution in [2.75, 3.05) is 12.0 Å². The zero-order valence-electron chi connectivity index (χ0n) is 17.1. The number of ketones is 1. The number of Topliss-reactive ketones (excluding diaryl/α,β-unsaturated/α-hetero) is 1. The number of ether oxygens (including phenoxy) is 1. The molecule has 3 aromatic rings. The van der Waals surface area contributed by atoms with Gasteiger partial charge < -0.3 is 14.9 Å². The van der Waals surface area contributed by atoms with Crippen LogP contribution in [0.4, 0.5) is 5.69 Å². The second kappa shape index (κ2) is 9.09. The van der Waals surface area contributed by atoms with Gasteiger partial charge in [-0.1, -0.05) is 35.3 Å². The van der Waals surface area contributed by atoms with Gasteiger partial charge in [0.25, 0.3) is 11.7 Å². The lowest BCUT2D eigenvalue weighted by Crippen LogP contribution is -2.29. The Kier molecular flexibility index (Phi) is 6.38. The first-order valence-corrected chi connectivity index (χ1v) is 11.2. The largest absolute Gasteiger partial charge is 0.508 e. The number of hydrogen-bond acceptors (Lipinski definition) is 5. The van der Waals surface area contributed by atoms with Crippen molar-refractivity contribution in [2.45, 2.75) is 6.04 Å². The Morgan fingerprint density at radius 1 is 1.03 bits per heavy atom. The fraction of sp³-hybridized carbons (Fsp3) is 0.0833. The Bertz CT molecular complexity index is 1320. The molecule has 1 aliphatic rings. The number of methoxy groups -OCH3 is 1. The number of benzene rings is 3. The van der Waals surface area contributed by atoms with Crippen molar-refractivity contribution in [2.24, 2.45) is 0 Å². The molecule has 33 heavy (non-hydrogen) atoms. The van der Waals surface area contributed by atoms with Crippen molar-refractivity contribution < 1.29 is 24.5 Å². The van der Waals surface area contributed by atoms with Crippen molar-refractivity contribution in [1.29, 1.82) is 0 Å². The third kappa shape index (κ3) is 4.19. The Balaban J connectivity index is 1.96. The summed E-state index contributed by atoms with van der Waals surface area (Å²) in [5.41, 5.74) is 0.915. The maximum atomic E-state index is 13.2. The first-order valence-electron chi connectivity index (χ1n) is 9.61. The van der Waals surface area contributed by atoms with E-state index in [9.17, 15) is 19.8 Å². The predicted octanol–water partition coefficient (Wildman–Crippen LogP) is 6.10. The number of carbonyl (C=O) groups is 2. The van der Waals surface area contributed by atoms with Crippen LogP contribution >= 0.6 is 39.1 Å². The number of phenolic OH excluding ortho intramolecular Hbond substituents is 1. The minimum atomic E-state index is -1.02. The van der Waals surface area contributed by atoms with Crippen LogP contribution < -0.4 is 9.64 Å². The van der Waals surface area contributed by atoms with Crippen LogP contribution in [0.25, 0.3) is 5.76 Å². The lowest BCUT2D eigenvalue weighted by atomic mass is 9.95. The molecule has 6 nitrogen and oxygen atoms in total. The number of hydrogen-bond donors (Lipinski definition) is 2. The highest BCUT2D eigenvalue weighted by Gasteiger charge is 2.47. The van der Waals surface area contributed by atoms with Crippen LogP contribution in [0.2, 0.25) is 10.0 Å². The molecule has 9 heteroatoms. The van der Waals surface area contributed by atoms with Crippen LogP contribution in [-0.4, -0.2) is 29.0 Å². The van der Waals surface area contributed by atoms with Crippen LogP contribution in [0, 0.1) is 0 Å². The minimum absolute atomic E-state index is 0.0561. The summed E-state index contributed by atoms with van der Waals surface area (Å²) < 4.78 is 5.77. The Morgan fingerprint density at radius 2 is 1.79 bits per heavy atom. The number of rotatable bonds is 4. The molecule has 0 radical (unpaired) electrons. The van der Waals surface area contributed by atoms with E-state index in [2.05, 4.69) is 15.9 Å². The SMILES string of the molecule is COc1ccc(/C(O)=C2\C(=O)C(=O)N(c3ccc(Cl)c(Cl)c3)C2c2cccc(O)c2)cc1Br. The molecule has 1 atom stereocenters. The third-order valence-electron chi connectivity index (χ3n) is 5.24. The summed E-state index contributed by atoms with van der Waals surface area (Å²) in [4.78, 5) is 27.5. The summed E-state index contributed by atoms with van der Waals surface area (Å²) in [6, 6.07) is 14.4. The Labute approximate surface area is 207 Å². The van der Waals surface area contributed by atoms with E-state index in [1.54, 1.807) is 36.4 Å². The highest BCUT2D eigenvalue weighted by molar-refractivity contribution is 9.10. The van der Waals surface area contributed by atoms with Gasteiger partial charge in [0, 0.05) is 11.3 Å². The predicted molar refractivity (Wildman–Crippen MR) is 130 cm³/mol. The summed E-state index contributed by atoms with van der Waals surface area (Å²) in [6.45, 7) is 0. The van der Waals surface area contributed by atoms with Crippen molar-refractivity contribution in [3.05, 3.63) is 91.9 Å². The molecule has 4 rings (SSSR count). The second-order valence-corrected chi connectivity index (χ2v) is 8.88. The number of anilines is 1. The molecule has 0 aromatic heterocycles. The standard InChI is InChI=1S/C24H16BrCl2NO5/c1-33-19-8-5-13(10-16(19)25)22(30)20-21(12-3-2-4-15(29)9-12)28(24(32)23(20)31)14-6-7-17(26)18(27)11-14/h2-11,21,29-30H,1H3/b22-20+. The molecule has 1 amide bonds. The van der Waals surface area contributed by atoms with Gasteiger partial charge in [0.05, 0.1) is 33.2 Å². The monoisotopic (exact) mass is 547 g/mol. The average Bonchev–Trinajstić information content (AvgIpc) is 3.06. The van der Waals surface area contributed by atoms with E-state index in [0.29, 0.717) is 27.0 Å². The number of halogens is 3. The number of carbonyl (C=O) groups excluding carboxylic acids is 2. The molecule has 0 saturated carbocycles. The second-order valence-electron chi connectivity index (χ2n) is 7.21. The quantitative estimate of drug-likeness (QED) is 0.234. The summed E-state index contributed by atoms with van der Waals surface area (Å²) >= 11 is 15.6. The van der Waals surface area contributed by atoms with Crippen LogP contribution in [0.3, 0.4) is 0 Å². The highest BCUT2D eigenvalue weighted by atomic mass is 79.9. The molecule has 0 spiro atoms. The minimum Gasteiger partial charge on any atom is -0.508 e. The van der Waals surface area contributed by atoms with Crippen LogP contribution in [0.15, 0.2) is 70.7 Å². The number of phenols is 1. The Hall–Kier alpha value is -3.00. The van der Waals surface area contributed by atoms with Crippen LogP contribution in [0.5, 0.6) is 11.5 Å². The summed E-state index contributed by atoms with van der Waals surface area (Å²) in [5.74, 6) is -1.62. The van der Waals surface area contributed by atoms with Crippen LogP contribution in [-0.2, 0) is 9.59 Å². The topological polar surface area (TPSA) is 87.1 Å². The van der Waals surface area contributed by atoms with Gasteiger partial charge in [-0.25, -0.2) is 0 Å². The van der Waals surface area contributed by atoms with Crippen molar-refractivity contribution in [1.82, 2.24) is 0 Å². The highest BCUT2D eigenvalue weighted by Crippen LogP contribution is 2.44.